The van der Waals surface area contributed by atoms with Gasteiger partial charge < -0.3 is 0 Å². The Morgan fingerprint density at radius 2 is 1.92 bits per heavy atom. The second-order valence-corrected chi connectivity index (χ2v) is 4.00. The predicted octanol–water partition coefficient (Wildman–Crippen LogP) is 3.60. The maximum Gasteiger partial charge on any atom is -0.00589 e. The molecule has 13 heavy (non-hydrogen) atoms. The summed E-state index contributed by atoms with van der Waals surface area (Å²) in [6.45, 7) is 7.99. The van der Waals surface area contributed by atoms with Gasteiger partial charge in [-0.3, -0.25) is 0 Å². The Hall–Kier alpha value is -1.26. The van der Waals surface area contributed by atoms with Crippen LogP contribution in [0, 0.1) is 5.41 Å². The molecule has 68 valence electrons. The van der Waals surface area contributed by atoms with E-state index >= 15 is 0 Å². The molecule has 0 unspecified atom stereocenters. The lowest BCUT2D eigenvalue weighted by Gasteiger charge is -2.18. The first-order valence-corrected chi connectivity index (χ1v) is 4.55. The average Bonchev–Trinajstić information content (AvgIpc) is 2.04. The summed E-state index contributed by atoms with van der Waals surface area (Å²) in [5.74, 6) is 0. The third-order valence-corrected chi connectivity index (χ3v) is 2.00. The molecule has 1 rings (SSSR count). The maximum absolute atomic E-state index is 3.61. The van der Waals surface area contributed by atoms with Crippen molar-refractivity contribution in [3.05, 3.63) is 54.3 Å². The van der Waals surface area contributed by atoms with Gasteiger partial charge in [0.1, 0.15) is 0 Å². The zero-order chi connectivity index (χ0) is 9.73. The van der Waals surface area contributed by atoms with Gasteiger partial charge in [0.15, 0.2) is 0 Å². The van der Waals surface area contributed by atoms with Gasteiger partial charge in [0.2, 0.25) is 0 Å². The second-order valence-electron chi connectivity index (χ2n) is 4.00. The Labute approximate surface area is 80.6 Å². The molecule has 0 heteroatoms. The van der Waals surface area contributed by atoms with Gasteiger partial charge >= 0.3 is 0 Å². The normalized spacial score (nSPS) is 10.6. The highest BCUT2D eigenvalue weighted by Crippen LogP contribution is 2.22. The number of rotatable bonds is 3. The number of allylic oxidation sites excluding steroid dienone is 1. The molecule has 0 atom stereocenters. The fourth-order valence-electron chi connectivity index (χ4n) is 1.45. The first-order valence-electron chi connectivity index (χ1n) is 4.55. The molecule has 0 spiro atoms. The topological polar surface area (TPSA) is 0 Å². The summed E-state index contributed by atoms with van der Waals surface area (Å²) in [6, 6.07) is 10.5. The summed E-state index contributed by atoms with van der Waals surface area (Å²) >= 11 is 0. The van der Waals surface area contributed by atoms with Crippen LogP contribution in [-0.4, -0.2) is 0 Å². The summed E-state index contributed by atoms with van der Waals surface area (Å²) in [4.78, 5) is 0. The molecule has 1 aromatic rings. The molecule has 0 radical (unpaired) electrons. The Morgan fingerprint density at radius 3 is 2.46 bits per heavy atom. The third kappa shape index (κ3) is 3.31. The fourth-order valence-corrected chi connectivity index (χ4v) is 1.45. The minimum absolute atomic E-state index is 0.156. The summed E-state index contributed by atoms with van der Waals surface area (Å²) < 4.78 is 0. The van der Waals surface area contributed by atoms with Crippen molar-refractivity contribution in [1.29, 1.82) is 0 Å². The van der Waals surface area contributed by atoms with E-state index in [9.17, 15) is 0 Å². The van der Waals surface area contributed by atoms with Crippen molar-refractivity contribution in [3.8, 4) is 0 Å². The van der Waals surface area contributed by atoms with Crippen molar-refractivity contribution in [2.24, 2.45) is 5.41 Å². The van der Waals surface area contributed by atoms with Crippen LogP contribution in [0.4, 0.5) is 0 Å². The smallest absolute Gasteiger partial charge is 0.00589 e. The molecule has 0 aromatic heterocycles. The molecule has 0 saturated heterocycles. The first kappa shape index (κ1) is 9.83. The molecule has 0 aliphatic rings. The van der Waals surface area contributed by atoms with Crippen molar-refractivity contribution < 1.29 is 0 Å². The van der Waals surface area contributed by atoms with Gasteiger partial charge in [-0.1, -0.05) is 50.8 Å². The van der Waals surface area contributed by atoms with E-state index in [4.69, 9.17) is 0 Å². The summed E-state index contributed by atoms with van der Waals surface area (Å²) in [6.07, 6.45) is 3.07. The van der Waals surface area contributed by atoms with E-state index in [0.29, 0.717) is 0 Å². The molecular weight excluding hydrogens is 156 g/mol. The zero-order valence-corrected chi connectivity index (χ0v) is 8.38. The average molecular weight is 172 g/mol. The molecule has 0 aliphatic carbocycles. The Bertz CT molecular complexity index is 300. The van der Waals surface area contributed by atoms with Crippen molar-refractivity contribution in [2.45, 2.75) is 20.3 Å². The Balaban J connectivity index is 2.74. The van der Waals surface area contributed by atoms with E-state index in [2.05, 4.69) is 50.4 Å². The number of benzene rings is 1. The van der Waals surface area contributed by atoms with E-state index < -0.39 is 0 Å². The van der Waals surface area contributed by atoms with Crippen molar-refractivity contribution in [1.82, 2.24) is 0 Å². The predicted molar refractivity (Wildman–Crippen MR) is 57.6 cm³/mol. The third-order valence-electron chi connectivity index (χ3n) is 2.00. The van der Waals surface area contributed by atoms with Crippen LogP contribution in [0.5, 0.6) is 0 Å². The standard InChI is InChI=1S/C13H16/c1-4-10-13(2,3)11-12-8-6-5-7-9-12/h5-10H,1,11H2,2-3H3. The van der Waals surface area contributed by atoms with E-state index in [0.717, 1.165) is 6.42 Å². The van der Waals surface area contributed by atoms with Crippen LogP contribution < -0.4 is 0 Å². The van der Waals surface area contributed by atoms with Gasteiger partial charge in [0.25, 0.3) is 0 Å². The highest BCUT2D eigenvalue weighted by molar-refractivity contribution is 5.17. The zero-order valence-electron chi connectivity index (χ0n) is 8.38. The van der Waals surface area contributed by atoms with Crippen molar-refractivity contribution in [2.75, 3.05) is 0 Å². The number of hydrogen-bond donors (Lipinski definition) is 0. The minimum atomic E-state index is 0.156. The van der Waals surface area contributed by atoms with Crippen LogP contribution in [0.15, 0.2) is 48.7 Å². The minimum Gasteiger partial charge on any atom is -0.132 e. The molecule has 0 nitrogen and oxygen atoms in total. The molecule has 1 aromatic carbocycles. The molecule has 0 heterocycles. The van der Waals surface area contributed by atoms with Gasteiger partial charge in [-0.2, -0.15) is 0 Å². The highest BCUT2D eigenvalue weighted by Gasteiger charge is 2.13. The van der Waals surface area contributed by atoms with Gasteiger partial charge in [-0.25, -0.2) is 0 Å². The summed E-state index contributed by atoms with van der Waals surface area (Å²) in [5.41, 5.74) is 4.37. The van der Waals surface area contributed by atoms with Crippen LogP contribution in [0.1, 0.15) is 19.4 Å². The van der Waals surface area contributed by atoms with E-state index in [1.807, 2.05) is 12.1 Å². The molecule has 0 N–H and O–H groups in total. The maximum atomic E-state index is 3.61. The van der Waals surface area contributed by atoms with Gasteiger partial charge in [0, 0.05) is 0 Å². The fraction of sp³-hybridized carbons (Fsp3) is 0.308. The number of hydrogen-bond acceptors (Lipinski definition) is 0. The van der Waals surface area contributed by atoms with Gasteiger partial charge in [-0.15, -0.1) is 5.73 Å². The van der Waals surface area contributed by atoms with Crippen molar-refractivity contribution in [3.63, 3.8) is 0 Å². The van der Waals surface area contributed by atoms with Gasteiger partial charge in [-0.05, 0) is 23.5 Å². The Morgan fingerprint density at radius 1 is 1.31 bits per heavy atom. The van der Waals surface area contributed by atoms with Crippen LogP contribution in [0.25, 0.3) is 0 Å². The molecule has 0 saturated carbocycles. The summed E-state index contributed by atoms with van der Waals surface area (Å²) in [7, 11) is 0. The monoisotopic (exact) mass is 172 g/mol. The lowest BCUT2D eigenvalue weighted by Crippen LogP contribution is -2.10. The second kappa shape index (κ2) is 4.11. The summed E-state index contributed by atoms with van der Waals surface area (Å²) in [5, 5.41) is 0. The van der Waals surface area contributed by atoms with E-state index in [1.165, 1.54) is 5.56 Å². The van der Waals surface area contributed by atoms with Crippen LogP contribution in [-0.2, 0) is 6.42 Å². The molecule has 0 aliphatic heterocycles. The molecule has 0 bridgehead atoms. The van der Waals surface area contributed by atoms with Crippen LogP contribution >= 0.6 is 0 Å². The van der Waals surface area contributed by atoms with Crippen molar-refractivity contribution >= 4 is 0 Å². The highest BCUT2D eigenvalue weighted by atomic mass is 14.2. The first-order chi connectivity index (χ1) is 6.14. The SMILES string of the molecule is C=C=CC(C)(C)Cc1ccccc1. The lowest BCUT2D eigenvalue weighted by atomic mass is 9.86. The Kier molecular flexibility index (Phi) is 3.11. The quantitative estimate of drug-likeness (QED) is 0.611. The van der Waals surface area contributed by atoms with E-state index in [-0.39, 0.29) is 5.41 Å². The lowest BCUT2D eigenvalue weighted by molar-refractivity contribution is 0.478. The van der Waals surface area contributed by atoms with Crippen LogP contribution in [0.2, 0.25) is 0 Å². The van der Waals surface area contributed by atoms with E-state index in [1.54, 1.807) is 0 Å². The van der Waals surface area contributed by atoms with Crippen LogP contribution in [0.3, 0.4) is 0 Å². The molecule has 0 fully saturated rings. The molecular formula is C13H16. The largest absolute Gasteiger partial charge is 0.132 e. The van der Waals surface area contributed by atoms with Gasteiger partial charge in [0.05, 0.1) is 0 Å². The molecule has 0 amide bonds.